The summed E-state index contributed by atoms with van der Waals surface area (Å²) in [6, 6.07) is 11.1. The molecular weight excluding hydrogens is 402 g/mol. The highest BCUT2D eigenvalue weighted by Crippen LogP contribution is 2.36. The smallest absolute Gasteiger partial charge is 0.279 e. The van der Waals surface area contributed by atoms with Crippen LogP contribution in [0.1, 0.15) is 5.56 Å². The van der Waals surface area contributed by atoms with Crippen LogP contribution in [-0.4, -0.2) is 39.3 Å². The van der Waals surface area contributed by atoms with Crippen molar-refractivity contribution < 1.29 is 17.9 Å². The standard InChI is InChI=1S/C17H17N5O4S2/c1-22-15-12(7-4-8-13(15)26-2)14(16(22)23)20-21-17(27)19-10-5-3-6-11(9-10)28(18,24)25/h3-9H,1-2H3,(H2,18,24,25)(H2,19,21,27). The number of carbonyl (C=O) groups excluding carboxylic acids is 1. The summed E-state index contributed by atoms with van der Waals surface area (Å²) in [4.78, 5) is 13.9. The minimum absolute atomic E-state index is 0.0553. The van der Waals surface area contributed by atoms with Gasteiger partial charge in [0.1, 0.15) is 5.75 Å². The molecule has 2 aromatic carbocycles. The first-order valence-corrected chi connectivity index (χ1v) is 9.91. The fraction of sp³-hybridized carbons (Fsp3) is 0.118. The van der Waals surface area contributed by atoms with Crippen LogP contribution in [0.3, 0.4) is 0 Å². The fourth-order valence-corrected chi connectivity index (χ4v) is 3.45. The number of hydrazone groups is 1. The summed E-state index contributed by atoms with van der Waals surface area (Å²) in [6.07, 6.45) is 0. The van der Waals surface area contributed by atoms with Crippen LogP contribution in [0.5, 0.6) is 5.75 Å². The van der Waals surface area contributed by atoms with Crippen LogP contribution in [0.15, 0.2) is 52.5 Å². The summed E-state index contributed by atoms with van der Waals surface area (Å²) in [7, 11) is -0.683. The summed E-state index contributed by atoms with van der Waals surface area (Å²) in [6.45, 7) is 0. The third-order valence-electron chi connectivity index (χ3n) is 4.01. The number of primary sulfonamides is 1. The van der Waals surface area contributed by atoms with Crippen LogP contribution >= 0.6 is 12.2 Å². The molecular formula is C17H17N5O4S2. The molecule has 0 saturated carbocycles. The van der Waals surface area contributed by atoms with Gasteiger partial charge in [-0.2, -0.15) is 5.10 Å². The lowest BCUT2D eigenvalue weighted by Gasteiger charge is -2.12. The molecule has 0 saturated heterocycles. The molecule has 4 N–H and O–H groups in total. The van der Waals surface area contributed by atoms with Gasteiger partial charge in [0.2, 0.25) is 10.0 Å². The lowest BCUT2D eigenvalue weighted by atomic mass is 10.1. The zero-order valence-corrected chi connectivity index (χ0v) is 16.6. The van der Waals surface area contributed by atoms with Gasteiger partial charge < -0.3 is 15.0 Å². The number of carbonyl (C=O) groups is 1. The Kier molecular flexibility index (Phi) is 5.31. The summed E-state index contributed by atoms with van der Waals surface area (Å²) < 4.78 is 28.2. The van der Waals surface area contributed by atoms with Crippen LogP contribution in [-0.2, 0) is 14.8 Å². The average Bonchev–Trinajstić information content (AvgIpc) is 2.90. The molecule has 0 spiro atoms. The number of sulfonamides is 1. The quantitative estimate of drug-likeness (QED) is 0.499. The second-order valence-corrected chi connectivity index (χ2v) is 7.79. The lowest BCUT2D eigenvalue weighted by molar-refractivity contribution is -0.112. The van der Waals surface area contributed by atoms with Gasteiger partial charge in [0.05, 0.1) is 17.7 Å². The predicted molar refractivity (Wildman–Crippen MR) is 110 cm³/mol. The topological polar surface area (TPSA) is 126 Å². The number of methoxy groups -OCH3 is 1. The van der Waals surface area contributed by atoms with Gasteiger partial charge in [-0.1, -0.05) is 18.2 Å². The van der Waals surface area contributed by atoms with E-state index in [1.807, 2.05) is 0 Å². The summed E-state index contributed by atoms with van der Waals surface area (Å²) in [5.74, 6) is 0.241. The summed E-state index contributed by atoms with van der Waals surface area (Å²) in [5.41, 5.74) is 4.41. The van der Waals surface area contributed by atoms with E-state index in [0.717, 1.165) is 0 Å². The first-order chi connectivity index (χ1) is 13.2. The molecule has 0 fully saturated rings. The van der Waals surface area contributed by atoms with Gasteiger partial charge in [-0.3, -0.25) is 10.2 Å². The number of hydrogen-bond acceptors (Lipinski definition) is 6. The Hall–Kier alpha value is -3.02. The molecule has 1 aliphatic rings. The zero-order chi connectivity index (χ0) is 20.5. The molecule has 9 nitrogen and oxygen atoms in total. The first kappa shape index (κ1) is 19.7. The lowest BCUT2D eigenvalue weighted by Crippen LogP contribution is -2.30. The maximum absolute atomic E-state index is 12.5. The number of likely N-dealkylation sites (N-methyl/N-ethyl adjacent to an activating group) is 1. The number of amides is 1. The molecule has 0 bridgehead atoms. The van der Waals surface area contributed by atoms with E-state index in [-0.39, 0.29) is 21.6 Å². The highest BCUT2D eigenvalue weighted by molar-refractivity contribution is 7.89. The fourth-order valence-electron chi connectivity index (χ4n) is 2.72. The van der Waals surface area contributed by atoms with E-state index in [1.165, 1.54) is 30.2 Å². The van der Waals surface area contributed by atoms with E-state index in [2.05, 4.69) is 15.8 Å². The SMILES string of the molecule is COc1cccc2c1N(C)C(=O)C2=NNC(=S)Nc1cccc(S(N)(=O)=O)c1. The Labute approximate surface area is 167 Å². The van der Waals surface area contributed by atoms with Crippen LogP contribution in [0, 0.1) is 0 Å². The number of fused-ring (bicyclic) bond motifs is 1. The summed E-state index contributed by atoms with van der Waals surface area (Å²) >= 11 is 5.16. The Bertz CT molecular complexity index is 1100. The normalized spacial score (nSPS) is 14.8. The molecule has 146 valence electrons. The van der Waals surface area contributed by atoms with Gasteiger partial charge in [0.25, 0.3) is 5.91 Å². The van der Waals surface area contributed by atoms with Gasteiger partial charge in [0, 0.05) is 18.3 Å². The van der Waals surface area contributed by atoms with Crippen LogP contribution in [0.2, 0.25) is 0 Å². The van der Waals surface area contributed by atoms with Crippen molar-refractivity contribution in [1.29, 1.82) is 0 Å². The number of ether oxygens (including phenoxy) is 1. The molecule has 0 atom stereocenters. The van der Waals surface area contributed by atoms with E-state index >= 15 is 0 Å². The Morgan fingerprint density at radius 1 is 1.25 bits per heavy atom. The van der Waals surface area contributed by atoms with Crippen molar-refractivity contribution in [3.8, 4) is 5.75 Å². The second kappa shape index (κ2) is 7.54. The number of nitrogens with zero attached hydrogens (tertiary/aromatic N) is 2. The highest BCUT2D eigenvalue weighted by Gasteiger charge is 2.34. The largest absolute Gasteiger partial charge is 0.495 e. The zero-order valence-electron chi connectivity index (χ0n) is 15.0. The third-order valence-corrected chi connectivity index (χ3v) is 5.11. The van der Waals surface area contributed by atoms with E-state index in [4.69, 9.17) is 22.1 Å². The van der Waals surface area contributed by atoms with E-state index in [0.29, 0.717) is 22.7 Å². The highest BCUT2D eigenvalue weighted by atomic mass is 32.2. The Balaban J connectivity index is 1.80. The van der Waals surface area contributed by atoms with Crippen molar-refractivity contribution >= 4 is 50.3 Å². The maximum Gasteiger partial charge on any atom is 0.279 e. The minimum Gasteiger partial charge on any atom is -0.495 e. The Morgan fingerprint density at radius 3 is 2.64 bits per heavy atom. The number of hydrogen-bond donors (Lipinski definition) is 3. The molecule has 0 radical (unpaired) electrons. The number of rotatable bonds is 4. The molecule has 0 aliphatic carbocycles. The number of benzene rings is 2. The molecule has 1 aliphatic heterocycles. The van der Waals surface area contributed by atoms with Gasteiger partial charge in [-0.05, 0) is 36.5 Å². The third kappa shape index (κ3) is 3.81. The van der Waals surface area contributed by atoms with Crippen molar-refractivity contribution in [2.45, 2.75) is 4.90 Å². The van der Waals surface area contributed by atoms with Crippen LogP contribution < -0.4 is 25.5 Å². The summed E-state index contributed by atoms with van der Waals surface area (Å²) in [5, 5.41) is 12.1. The van der Waals surface area contributed by atoms with Gasteiger partial charge >= 0.3 is 0 Å². The van der Waals surface area contributed by atoms with Gasteiger partial charge in [-0.15, -0.1) is 0 Å². The average molecular weight is 419 g/mol. The monoisotopic (exact) mass is 419 g/mol. The molecule has 0 aromatic heterocycles. The van der Waals surface area contributed by atoms with Gasteiger partial charge in [-0.25, -0.2) is 13.6 Å². The van der Waals surface area contributed by atoms with Crippen molar-refractivity contribution in [2.75, 3.05) is 24.4 Å². The number of nitrogens with two attached hydrogens (primary N) is 1. The number of para-hydroxylation sites is 1. The number of thiocarbonyl (C=S) groups is 1. The van der Waals surface area contributed by atoms with Crippen molar-refractivity contribution in [3.05, 3.63) is 48.0 Å². The van der Waals surface area contributed by atoms with Crippen molar-refractivity contribution in [3.63, 3.8) is 0 Å². The second-order valence-electron chi connectivity index (χ2n) is 5.82. The maximum atomic E-state index is 12.5. The van der Waals surface area contributed by atoms with E-state index in [1.54, 1.807) is 31.3 Å². The van der Waals surface area contributed by atoms with E-state index in [9.17, 15) is 13.2 Å². The minimum atomic E-state index is -3.83. The number of anilines is 2. The molecule has 28 heavy (non-hydrogen) atoms. The molecule has 1 heterocycles. The van der Waals surface area contributed by atoms with E-state index < -0.39 is 10.0 Å². The van der Waals surface area contributed by atoms with Crippen LogP contribution in [0.25, 0.3) is 0 Å². The molecule has 1 amide bonds. The van der Waals surface area contributed by atoms with Crippen LogP contribution in [0.4, 0.5) is 11.4 Å². The Morgan fingerprint density at radius 2 is 1.96 bits per heavy atom. The first-order valence-electron chi connectivity index (χ1n) is 7.95. The predicted octanol–water partition coefficient (Wildman–Crippen LogP) is 1.01. The molecule has 3 rings (SSSR count). The molecule has 0 unspecified atom stereocenters. The number of nitrogens with one attached hydrogen (secondary N) is 2. The van der Waals surface area contributed by atoms with Crippen molar-refractivity contribution in [1.82, 2.24) is 5.43 Å². The molecule has 11 heteroatoms. The van der Waals surface area contributed by atoms with Gasteiger partial charge in [0.15, 0.2) is 10.8 Å². The molecule has 2 aromatic rings. The van der Waals surface area contributed by atoms with Crippen molar-refractivity contribution in [2.24, 2.45) is 10.2 Å².